The first-order valence-corrected chi connectivity index (χ1v) is 7.17. The van der Waals surface area contributed by atoms with E-state index in [4.69, 9.17) is 0 Å². The number of fused-ring (bicyclic) bond motifs is 2. The van der Waals surface area contributed by atoms with Crippen LogP contribution in [0.4, 0.5) is 0 Å². The van der Waals surface area contributed by atoms with Gasteiger partial charge in [0, 0.05) is 6.54 Å². The lowest BCUT2D eigenvalue weighted by molar-refractivity contribution is -0.133. The normalized spacial score (nSPS) is 14.3. The van der Waals surface area contributed by atoms with Crippen molar-refractivity contribution in [1.29, 1.82) is 0 Å². The molecule has 0 bridgehead atoms. The number of aryl methyl sites for hydroxylation is 1. The minimum absolute atomic E-state index is 0.0163. The molecule has 3 heterocycles. The molecule has 8 heteroatoms. The molecule has 0 aliphatic carbocycles. The Morgan fingerprint density at radius 1 is 1.27 bits per heavy atom. The van der Waals surface area contributed by atoms with Gasteiger partial charge < -0.3 is 4.90 Å². The minimum Gasteiger partial charge on any atom is -0.332 e. The zero-order valence-electron chi connectivity index (χ0n) is 12.2. The minimum atomic E-state index is 0.0163. The van der Waals surface area contributed by atoms with Gasteiger partial charge in [0.1, 0.15) is 23.7 Å². The van der Waals surface area contributed by atoms with Crippen molar-refractivity contribution in [2.45, 2.75) is 26.6 Å². The van der Waals surface area contributed by atoms with Crippen molar-refractivity contribution in [1.82, 2.24) is 34.7 Å². The number of hydrogen-bond acceptors (Lipinski definition) is 5. The summed E-state index contributed by atoms with van der Waals surface area (Å²) in [5.74, 6) is 1.59. The van der Waals surface area contributed by atoms with E-state index in [1.807, 2.05) is 35.9 Å². The third-order valence-electron chi connectivity index (χ3n) is 3.83. The van der Waals surface area contributed by atoms with Crippen molar-refractivity contribution < 1.29 is 4.79 Å². The van der Waals surface area contributed by atoms with Crippen molar-refractivity contribution in [3.05, 3.63) is 35.9 Å². The van der Waals surface area contributed by atoms with Crippen molar-refractivity contribution in [2.24, 2.45) is 0 Å². The lowest BCUT2D eigenvalue weighted by atomic mass is 10.3. The van der Waals surface area contributed by atoms with Crippen molar-refractivity contribution in [3.63, 3.8) is 0 Å². The number of amides is 1. The summed E-state index contributed by atoms with van der Waals surface area (Å²) in [6, 6.07) is 7.62. The predicted octanol–water partition coefficient (Wildman–Crippen LogP) is 0.374. The second-order valence-corrected chi connectivity index (χ2v) is 5.35. The van der Waals surface area contributed by atoms with Gasteiger partial charge in [-0.15, -0.1) is 5.10 Å². The van der Waals surface area contributed by atoms with Crippen LogP contribution < -0.4 is 0 Å². The van der Waals surface area contributed by atoms with Gasteiger partial charge in [0.15, 0.2) is 0 Å². The van der Waals surface area contributed by atoms with E-state index in [-0.39, 0.29) is 12.5 Å². The van der Waals surface area contributed by atoms with Gasteiger partial charge in [-0.25, -0.2) is 14.3 Å². The summed E-state index contributed by atoms with van der Waals surface area (Å²) >= 11 is 0. The Labute approximate surface area is 126 Å². The van der Waals surface area contributed by atoms with Gasteiger partial charge in [0.25, 0.3) is 0 Å². The van der Waals surface area contributed by atoms with Crippen LogP contribution >= 0.6 is 0 Å². The second-order valence-electron chi connectivity index (χ2n) is 5.35. The van der Waals surface area contributed by atoms with E-state index in [0.717, 1.165) is 22.7 Å². The standard InChI is InChI=1S/C14H15N7O/c1-10-15-13-8-19(6-7-20(13)17-10)14(22)9-21-12-5-3-2-4-11(12)16-18-21/h2-5H,6-9H2,1H3. The highest BCUT2D eigenvalue weighted by Gasteiger charge is 2.23. The van der Waals surface area contributed by atoms with Crippen LogP contribution in [-0.4, -0.2) is 47.1 Å². The summed E-state index contributed by atoms with van der Waals surface area (Å²) in [5.41, 5.74) is 1.66. The van der Waals surface area contributed by atoms with E-state index in [1.54, 1.807) is 9.58 Å². The predicted molar refractivity (Wildman–Crippen MR) is 77.7 cm³/mol. The Bertz CT molecular complexity index is 850. The first kappa shape index (κ1) is 12.9. The van der Waals surface area contributed by atoms with Crippen LogP contribution in [0.1, 0.15) is 11.6 Å². The third-order valence-corrected chi connectivity index (χ3v) is 3.83. The zero-order chi connectivity index (χ0) is 15.1. The summed E-state index contributed by atoms with van der Waals surface area (Å²) < 4.78 is 3.51. The van der Waals surface area contributed by atoms with Crippen LogP contribution in [0.2, 0.25) is 0 Å². The zero-order valence-corrected chi connectivity index (χ0v) is 12.2. The molecule has 4 rings (SSSR count). The summed E-state index contributed by atoms with van der Waals surface area (Å²) in [5, 5.41) is 12.4. The first-order valence-electron chi connectivity index (χ1n) is 7.17. The van der Waals surface area contributed by atoms with Gasteiger partial charge in [0.05, 0.1) is 18.6 Å². The van der Waals surface area contributed by atoms with Crippen LogP contribution in [0, 0.1) is 6.92 Å². The molecule has 0 radical (unpaired) electrons. The highest BCUT2D eigenvalue weighted by molar-refractivity contribution is 5.79. The van der Waals surface area contributed by atoms with E-state index in [9.17, 15) is 4.79 Å². The maximum absolute atomic E-state index is 12.5. The van der Waals surface area contributed by atoms with E-state index < -0.39 is 0 Å². The molecule has 0 spiro atoms. The molecule has 22 heavy (non-hydrogen) atoms. The van der Waals surface area contributed by atoms with Gasteiger partial charge in [-0.05, 0) is 19.1 Å². The highest BCUT2D eigenvalue weighted by Crippen LogP contribution is 2.13. The van der Waals surface area contributed by atoms with Crippen LogP contribution in [0.15, 0.2) is 24.3 Å². The maximum Gasteiger partial charge on any atom is 0.244 e. The number of nitrogens with zero attached hydrogens (tertiary/aromatic N) is 7. The molecule has 112 valence electrons. The van der Waals surface area contributed by atoms with E-state index in [2.05, 4.69) is 20.4 Å². The van der Waals surface area contributed by atoms with Gasteiger partial charge in [-0.1, -0.05) is 17.3 Å². The average molecular weight is 297 g/mol. The fraction of sp³-hybridized carbons (Fsp3) is 0.357. The number of rotatable bonds is 2. The molecular weight excluding hydrogens is 282 g/mol. The fourth-order valence-corrected chi connectivity index (χ4v) is 2.74. The maximum atomic E-state index is 12.5. The van der Waals surface area contributed by atoms with Crippen molar-refractivity contribution in [3.8, 4) is 0 Å². The monoisotopic (exact) mass is 297 g/mol. The van der Waals surface area contributed by atoms with Crippen molar-refractivity contribution in [2.75, 3.05) is 6.54 Å². The number of carbonyl (C=O) groups is 1. The molecule has 1 aliphatic heterocycles. The molecule has 1 aliphatic rings. The molecule has 0 saturated carbocycles. The van der Waals surface area contributed by atoms with Gasteiger partial charge in [0.2, 0.25) is 5.91 Å². The van der Waals surface area contributed by atoms with E-state index >= 15 is 0 Å². The van der Waals surface area contributed by atoms with Crippen LogP contribution in [0.5, 0.6) is 0 Å². The molecule has 0 saturated heterocycles. The van der Waals surface area contributed by atoms with Crippen LogP contribution in [0.3, 0.4) is 0 Å². The largest absolute Gasteiger partial charge is 0.332 e. The molecule has 2 aromatic heterocycles. The molecule has 1 aromatic carbocycles. The van der Waals surface area contributed by atoms with E-state index in [1.165, 1.54) is 0 Å². The summed E-state index contributed by atoms with van der Waals surface area (Å²) in [6.07, 6.45) is 0. The third kappa shape index (κ3) is 2.12. The quantitative estimate of drug-likeness (QED) is 0.682. The number of para-hydroxylation sites is 1. The molecule has 0 atom stereocenters. The lowest BCUT2D eigenvalue weighted by Gasteiger charge is -2.26. The van der Waals surface area contributed by atoms with Crippen LogP contribution in [0.25, 0.3) is 11.0 Å². The Morgan fingerprint density at radius 3 is 3.05 bits per heavy atom. The Hall–Kier alpha value is -2.77. The van der Waals surface area contributed by atoms with Crippen molar-refractivity contribution >= 4 is 16.9 Å². The summed E-state index contributed by atoms with van der Waals surface area (Å²) in [6.45, 7) is 3.86. The first-order chi connectivity index (χ1) is 10.7. The topological polar surface area (TPSA) is 81.7 Å². The average Bonchev–Trinajstić information content (AvgIpc) is 3.09. The highest BCUT2D eigenvalue weighted by atomic mass is 16.2. The smallest absolute Gasteiger partial charge is 0.244 e. The van der Waals surface area contributed by atoms with Gasteiger partial charge >= 0.3 is 0 Å². The number of hydrogen-bond donors (Lipinski definition) is 0. The molecule has 0 N–H and O–H groups in total. The summed E-state index contributed by atoms with van der Waals surface area (Å²) in [7, 11) is 0. The molecule has 1 amide bonds. The second kappa shape index (κ2) is 4.90. The molecule has 0 fully saturated rings. The molecule has 8 nitrogen and oxygen atoms in total. The number of benzene rings is 1. The van der Waals surface area contributed by atoms with Crippen LogP contribution in [-0.2, 0) is 24.4 Å². The van der Waals surface area contributed by atoms with Gasteiger partial charge in [-0.3, -0.25) is 4.79 Å². The molecule has 3 aromatic rings. The number of aromatic nitrogens is 6. The lowest BCUT2D eigenvalue weighted by Crippen LogP contribution is -2.40. The Morgan fingerprint density at radius 2 is 2.14 bits per heavy atom. The molecular formula is C14H15N7O. The van der Waals surface area contributed by atoms with E-state index in [0.29, 0.717) is 19.6 Å². The molecule has 0 unspecified atom stereocenters. The SMILES string of the molecule is Cc1nc2n(n1)CCN(C(=O)Cn1nnc3ccccc31)C2. The Kier molecular flexibility index (Phi) is 2.88. The number of carbonyl (C=O) groups excluding carboxylic acids is 1. The Balaban J connectivity index is 1.53. The fourth-order valence-electron chi connectivity index (χ4n) is 2.74. The van der Waals surface area contributed by atoms with Gasteiger partial charge in [-0.2, -0.15) is 5.10 Å². The summed E-state index contributed by atoms with van der Waals surface area (Å²) in [4.78, 5) is 18.7.